The second-order valence-electron chi connectivity index (χ2n) is 3.73. The van der Waals surface area contributed by atoms with Gasteiger partial charge in [0.25, 0.3) is 5.69 Å². The Morgan fingerprint density at radius 1 is 1.44 bits per heavy atom. The SMILES string of the molecule is O=C(O)C1=CN(c2cccc([N+](=O)[O-])c2)C=CC1. The number of carboxylic acids is 1. The van der Waals surface area contributed by atoms with Gasteiger partial charge in [0.05, 0.1) is 16.2 Å². The molecule has 1 N–H and O–H groups in total. The highest BCUT2D eigenvalue weighted by molar-refractivity contribution is 5.88. The number of hydrogen-bond donors (Lipinski definition) is 1. The fourth-order valence-electron chi connectivity index (χ4n) is 1.63. The number of nitrogens with zero attached hydrogens (tertiary/aromatic N) is 2. The first-order valence-electron chi connectivity index (χ1n) is 5.21. The highest BCUT2D eigenvalue weighted by atomic mass is 16.6. The number of anilines is 1. The van der Waals surface area contributed by atoms with Crippen molar-refractivity contribution in [2.45, 2.75) is 6.42 Å². The average molecular weight is 246 g/mol. The maximum atomic E-state index is 10.9. The minimum atomic E-state index is -0.991. The molecule has 0 fully saturated rings. The Kier molecular flexibility index (Phi) is 3.09. The molecule has 0 unspecified atom stereocenters. The van der Waals surface area contributed by atoms with E-state index in [4.69, 9.17) is 5.11 Å². The van der Waals surface area contributed by atoms with Crippen LogP contribution in [0.5, 0.6) is 0 Å². The van der Waals surface area contributed by atoms with Crippen molar-refractivity contribution in [3.05, 3.63) is 58.4 Å². The summed E-state index contributed by atoms with van der Waals surface area (Å²) < 4.78 is 0. The molecular formula is C12H10N2O4. The maximum absolute atomic E-state index is 10.9. The van der Waals surface area contributed by atoms with E-state index >= 15 is 0 Å². The number of non-ortho nitro benzene ring substituents is 1. The number of allylic oxidation sites excluding steroid dienone is 1. The third-order valence-electron chi connectivity index (χ3n) is 2.51. The molecule has 0 aromatic heterocycles. The Balaban J connectivity index is 2.34. The van der Waals surface area contributed by atoms with E-state index in [1.165, 1.54) is 18.3 Å². The number of carbonyl (C=O) groups is 1. The second kappa shape index (κ2) is 4.70. The Morgan fingerprint density at radius 3 is 2.89 bits per heavy atom. The van der Waals surface area contributed by atoms with E-state index in [0.29, 0.717) is 12.1 Å². The Bertz CT molecular complexity index is 563. The van der Waals surface area contributed by atoms with Crippen LogP contribution in [0, 0.1) is 10.1 Å². The number of nitro benzene ring substituents is 1. The summed E-state index contributed by atoms with van der Waals surface area (Å²) in [5, 5.41) is 19.6. The van der Waals surface area contributed by atoms with Crippen molar-refractivity contribution in [3.8, 4) is 0 Å². The van der Waals surface area contributed by atoms with Gasteiger partial charge in [-0.2, -0.15) is 0 Å². The van der Waals surface area contributed by atoms with Crippen LogP contribution < -0.4 is 4.90 Å². The molecule has 0 saturated heterocycles. The van der Waals surface area contributed by atoms with E-state index in [1.54, 1.807) is 29.3 Å². The standard InChI is InChI=1S/C12H10N2O4/c15-12(16)9-3-2-6-13(8-9)10-4-1-5-11(7-10)14(17)18/h1-2,4-8H,3H2,(H,15,16). The molecule has 0 atom stereocenters. The average Bonchev–Trinajstić information content (AvgIpc) is 2.39. The zero-order chi connectivity index (χ0) is 13.1. The second-order valence-corrected chi connectivity index (χ2v) is 3.73. The van der Waals surface area contributed by atoms with Crippen LogP contribution in [0.15, 0.2) is 48.3 Å². The highest BCUT2D eigenvalue weighted by Gasteiger charge is 2.14. The van der Waals surface area contributed by atoms with Crippen LogP contribution in [0.25, 0.3) is 0 Å². The quantitative estimate of drug-likeness (QED) is 0.653. The summed E-state index contributed by atoms with van der Waals surface area (Å²) >= 11 is 0. The molecule has 18 heavy (non-hydrogen) atoms. The van der Waals surface area contributed by atoms with E-state index < -0.39 is 10.9 Å². The fourth-order valence-corrected chi connectivity index (χ4v) is 1.63. The highest BCUT2D eigenvalue weighted by Crippen LogP contribution is 2.24. The van der Waals surface area contributed by atoms with E-state index in [-0.39, 0.29) is 11.3 Å². The van der Waals surface area contributed by atoms with Crippen LogP contribution in [0.2, 0.25) is 0 Å². The van der Waals surface area contributed by atoms with Gasteiger partial charge in [0, 0.05) is 31.0 Å². The predicted octanol–water partition coefficient (Wildman–Crippen LogP) is 2.29. The Labute approximate surface area is 103 Å². The van der Waals surface area contributed by atoms with Crippen LogP contribution in [-0.2, 0) is 4.79 Å². The van der Waals surface area contributed by atoms with Crippen molar-refractivity contribution < 1.29 is 14.8 Å². The molecule has 1 aliphatic heterocycles. The molecule has 2 rings (SSSR count). The van der Waals surface area contributed by atoms with Gasteiger partial charge in [-0.05, 0) is 6.07 Å². The molecule has 1 aromatic rings. The van der Waals surface area contributed by atoms with Crippen LogP contribution >= 0.6 is 0 Å². The van der Waals surface area contributed by atoms with E-state index in [9.17, 15) is 14.9 Å². The van der Waals surface area contributed by atoms with Crippen LogP contribution in [0.4, 0.5) is 11.4 Å². The van der Waals surface area contributed by atoms with Gasteiger partial charge in [0.15, 0.2) is 0 Å². The minimum Gasteiger partial charge on any atom is -0.478 e. The molecule has 0 amide bonds. The summed E-state index contributed by atoms with van der Waals surface area (Å²) in [5.74, 6) is -0.991. The van der Waals surface area contributed by atoms with Gasteiger partial charge in [-0.1, -0.05) is 12.1 Å². The Morgan fingerprint density at radius 2 is 2.22 bits per heavy atom. The summed E-state index contributed by atoms with van der Waals surface area (Å²) in [6.45, 7) is 0. The molecule has 92 valence electrons. The molecule has 0 radical (unpaired) electrons. The first kappa shape index (κ1) is 11.8. The van der Waals surface area contributed by atoms with Crippen molar-refractivity contribution in [2.75, 3.05) is 4.90 Å². The lowest BCUT2D eigenvalue weighted by atomic mass is 10.1. The van der Waals surface area contributed by atoms with Crippen molar-refractivity contribution >= 4 is 17.3 Å². The fraction of sp³-hybridized carbons (Fsp3) is 0.0833. The normalized spacial score (nSPS) is 14.2. The molecule has 0 bridgehead atoms. The molecule has 1 aromatic carbocycles. The number of benzene rings is 1. The van der Waals surface area contributed by atoms with Crippen molar-refractivity contribution in [1.82, 2.24) is 0 Å². The number of carboxylic acid groups (broad SMARTS) is 1. The van der Waals surface area contributed by atoms with Gasteiger partial charge in [-0.15, -0.1) is 0 Å². The molecule has 0 saturated carbocycles. The third kappa shape index (κ3) is 2.37. The zero-order valence-corrected chi connectivity index (χ0v) is 9.31. The number of hydrogen-bond acceptors (Lipinski definition) is 4. The van der Waals surface area contributed by atoms with Gasteiger partial charge in [0.1, 0.15) is 0 Å². The number of aliphatic carboxylic acids is 1. The summed E-state index contributed by atoms with van der Waals surface area (Å²) in [5.41, 5.74) is 0.764. The summed E-state index contributed by atoms with van der Waals surface area (Å²) in [7, 11) is 0. The first-order chi connectivity index (χ1) is 8.58. The summed E-state index contributed by atoms with van der Waals surface area (Å²) in [4.78, 5) is 22.6. The van der Waals surface area contributed by atoms with Gasteiger partial charge in [-0.25, -0.2) is 4.79 Å². The first-order valence-corrected chi connectivity index (χ1v) is 5.21. The lowest BCUT2D eigenvalue weighted by Gasteiger charge is -2.19. The minimum absolute atomic E-state index is 0.0308. The molecule has 6 heteroatoms. The van der Waals surface area contributed by atoms with E-state index in [0.717, 1.165) is 0 Å². The predicted molar refractivity (Wildman–Crippen MR) is 65.1 cm³/mol. The van der Waals surface area contributed by atoms with Crippen LogP contribution in [0.1, 0.15) is 6.42 Å². The van der Waals surface area contributed by atoms with E-state index in [1.807, 2.05) is 0 Å². The van der Waals surface area contributed by atoms with Crippen LogP contribution in [-0.4, -0.2) is 16.0 Å². The van der Waals surface area contributed by atoms with Gasteiger partial charge in [-0.3, -0.25) is 10.1 Å². The number of nitro groups is 1. The topological polar surface area (TPSA) is 83.7 Å². The smallest absolute Gasteiger partial charge is 0.333 e. The Hall–Kier alpha value is -2.63. The molecular weight excluding hydrogens is 236 g/mol. The number of rotatable bonds is 3. The molecule has 1 aliphatic rings. The molecule has 0 aliphatic carbocycles. The zero-order valence-electron chi connectivity index (χ0n) is 9.31. The molecule has 0 spiro atoms. The third-order valence-corrected chi connectivity index (χ3v) is 2.51. The van der Waals surface area contributed by atoms with Gasteiger partial charge >= 0.3 is 5.97 Å². The molecule has 1 heterocycles. The lowest BCUT2D eigenvalue weighted by Crippen LogP contribution is -2.15. The van der Waals surface area contributed by atoms with Crippen molar-refractivity contribution in [3.63, 3.8) is 0 Å². The van der Waals surface area contributed by atoms with Gasteiger partial charge < -0.3 is 10.0 Å². The van der Waals surface area contributed by atoms with Crippen LogP contribution in [0.3, 0.4) is 0 Å². The summed E-state index contributed by atoms with van der Waals surface area (Å²) in [6, 6.07) is 6.02. The van der Waals surface area contributed by atoms with Crippen molar-refractivity contribution in [1.29, 1.82) is 0 Å². The summed E-state index contributed by atoms with van der Waals surface area (Å²) in [6.07, 6.45) is 5.19. The van der Waals surface area contributed by atoms with E-state index in [2.05, 4.69) is 0 Å². The van der Waals surface area contributed by atoms with Crippen molar-refractivity contribution in [2.24, 2.45) is 0 Å². The molecule has 6 nitrogen and oxygen atoms in total. The maximum Gasteiger partial charge on any atom is 0.333 e. The lowest BCUT2D eigenvalue weighted by molar-refractivity contribution is -0.384. The largest absolute Gasteiger partial charge is 0.478 e. The van der Waals surface area contributed by atoms with Gasteiger partial charge in [0.2, 0.25) is 0 Å². The monoisotopic (exact) mass is 246 g/mol.